The van der Waals surface area contributed by atoms with Crippen LogP contribution in [-0.2, 0) is 31.3 Å². The van der Waals surface area contributed by atoms with Crippen molar-refractivity contribution in [2.24, 2.45) is 5.92 Å². The van der Waals surface area contributed by atoms with E-state index in [1.54, 1.807) is 48.2 Å². The van der Waals surface area contributed by atoms with E-state index in [1.807, 2.05) is 24.3 Å². The van der Waals surface area contributed by atoms with Crippen LogP contribution in [0.4, 0.5) is 11.4 Å². The third-order valence-electron chi connectivity index (χ3n) is 6.32. The van der Waals surface area contributed by atoms with Gasteiger partial charge in [-0.2, -0.15) is 0 Å². The third-order valence-corrected chi connectivity index (χ3v) is 6.32. The molecule has 2 aliphatic heterocycles. The lowest BCUT2D eigenvalue weighted by molar-refractivity contribution is -0.153. The number of hydrogen-bond acceptors (Lipinski definition) is 6. The van der Waals surface area contributed by atoms with Crippen molar-refractivity contribution in [3.8, 4) is 0 Å². The zero-order chi connectivity index (χ0) is 24.5. The Bertz CT molecular complexity index is 1130. The summed E-state index contributed by atoms with van der Waals surface area (Å²) in [6.07, 6.45) is 3.53. The molecule has 0 saturated carbocycles. The molecule has 2 aliphatic rings. The summed E-state index contributed by atoms with van der Waals surface area (Å²) >= 11 is 0. The summed E-state index contributed by atoms with van der Waals surface area (Å²) in [5, 5.41) is 20.6. The van der Waals surface area contributed by atoms with Crippen molar-refractivity contribution in [2.75, 3.05) is 16.4 Å². The molecular weight excluding hydrogens is 436 g/mol. The van der Waals surface area contributed by atoms with Gasteiger partial charge in [-0.05, 0) is 30.2 Å². The highest BCUT2D eigenvalue weighted by molar-refractivity contribution is 6.07. The molecule has 2 amide bonds. The van der Waals surface area contributed by atoms with Gasteiger partial charge in [0.15, 0.2) is 11.8 Å². The van der Waals surface area contributed by atoms with Crippen molar-refractivity contribution >= 4 is 29.2 Å². The minimum Gasteiger partial charge on any atom is -0.441 e. The fourth-order valence-electron chi connectivity index (χ4n) is 4.50. The number of para-hydroxylation sites is 1. The van der Waals surface area contributed by atoms with E-state index in [4.69, 9.17) is 9.84 Å². The van der Waals surface area contributed by atoms with Crippen LogP contribution in [0.15, 0.2) is 60.7 Å². The summed E-state index contributed by atoms with van der Waals surface area (Å²) in [6.45, 7) is 3.33. The molecule has 0 aromatic heterocycles. The Morgan fingerprint density at radius 1 is 1.21 bits per heavy atom. The van der Waals surface area contributed by atoms with Crippen LogP contribution in [0.1, 0.15) is 37.8 Å². The minimum atomic E-state index is -1.70. The number of β-lactam (4-membered cyclic amide) rings is 1. The van der Waals surface area contributed by atoms with Gasteiger partial charge in [-0.15, -0.1) is 0 Å². The van der Waals surface area contributed by atoms with Gasteiger partial charge in [-0.3, -0.25) is 19.3 Å². The maximum atomic E-state index is 13.5. The van der Waals surface area contributed by atoms with Gasteiger partial charge < -0.3 is 19.8 Å². The summed E-state index contributed by atoms with van der Waals surface area (Å²) < 4.78 is 5.16. The molecule has 0 bridgehead atoms. The van der Waals surface area contributed by atoms with Gasteiger partial charge in [-0.25, -0.2) is 0 Å². The van der Waals surface area contributed by atoms with Gasteiger partial charge in [0.25, 0.3) is 5.91 Å². The fraction of sp³-hybridized carbons (Fsp3) is 0.346. The molecule has 0 radical (unpaired) electrons. The minimum absolute atomic E-state index is 0.00104. The Labute approximate surface area is 198 Å². The number of hydrogen-bond donors (Lipinski definition) is 2. The summed E-state index contributed by atoms with van der Waals surface area (Å²) in [7, 11) is 0. The molecule has 0 aliphatic carbocycles. The number of ether oxygens (including phenoxy) is 1. The maximum absolute atomic E-state index is 13.5. The molecule has 1 unspecified atom stereocenters. The topological polar surface area (TPSA) is 107 Å². The van der Waals surface area contributed by atoms with E-state index < -0.39 is 29.6 Å². The first-order valence-electron chi connectivity index (χ1n) is 11.3. The number of carbonyl (C=O) groups excluding carboxylic acids is 3. The molecule has 0 spiro atoms. The van der Waals surface area contributed by atoms with Crippen molar-refractivity contribution in [3.05, 3.63) is 71.8 Å². The van der Waals surface area contributed by atoms with E-state index in [2.05, 4.69) is 0 Å². The van der Waals surface area contributed by atoms with Crippen molar-refractivity contribution in [2.45, 2.75) is 45.1 Å². The molecule has 2 N–H and O–H groups in total. The van der Waals surface area contributed by atoms with Crippen LogP contribution in [0, 0.1) is 5.92 Å². The zero-order valence-electron chi connectivity index (χ0n) is 19.2. The summed E-state index contributed by atoms with van der Waals surface area (Å²) in [4.78, 5) is 39.8. The molecule has 1 fully saturated rings. The molecule has 178 valence electrons. The van der Waals surface area contributed by atoms with Crippen LogP contribution in [0.5, 0.6) is 0 Å². The SMILES string of the molecule is CC(=O)OC1CC(=O)N1c1ccc(CN2C(=O)[C@](O)([C@H](C)/C=C/CCO)c3ccccc32)cc1. The van der Waals surface area contributed by atoms with Crippen molar-refractivity contribution in [1.29, 1.82) is 0 Å². The first-order chi connectivity index (χ1) is 16.3. The maximum Gasteiger partial charge on any atom is 0.304 e. The van der Waals surface area contributed by atoms with Gasteiger partial charge in [-0.1, -0.05) is 49.4 Å². The Morgan fingerprint density at radius 2 is 1.91 bits per heavy atom. The van der Waals surface area contributed by atoms with Crippen LogP contribution < -0.4 is 9.80 Å². The lowest BCUT2D eigenvalue weighted by atomic mass is 9.83. The van der Waals surface area contributed by atoms with Gasteiger partial charge in [0.2, 0.25) is 5.91 Å². The number of carbonyl (C=O) groups is 3. The monoisotopic (exact) mass is 464 g/mol. The van der Waals surface area contributed by atoms with E-state index in [9.17, 15) is 19.5 Å². The van der Waals surface area contributed by atoms with Crippen molar-refractivity contribution in [3.63, 3.8) is 0 Å². The second kappa shape index (κ2) is 9.40. The molecule has 2 aromatic carbocycles. The molecule has 34 heavy (non-hydrogen) atoms. The summed E-state index contributed by atoms with van der Waals surface area (Å²) in [6, 6.07) is 14.3. The van der Waals surface area contributed by atoms with Gasteiger partial charge >= 0.3 is 5.97 Å². The van der Waals surface area contributed by atoms with Crippen LogP contribution in [0.3, 0.4) is 0 Å². The van der Waals surface area contributed by atoms with Crippen LogP contribution in [0.2, 0.25) is 0 Å². The van der Waals surface area contributed by atoms with E-state index >= 15 is 0 Å². The lowest BCUT2D eigenvalue weighted by Crippen LogP contribution is -2.54. The number of aliphatic hydroxyl groups is 2. The number of esters is 1. The molecule has 8 heteroatoms. The number of nitrogens with zero attached hydrogens (tertiary/aromatic N) is 2. The molecule has 3 atom stereocenters. The normalized spacial score (nSPS) is 22.6. The van der Waals surface area contributed by atoms with Gasteiger partial charge in [0, 0.05) is 30.7 Å². The van der Waals surface area contributed by atoms with Crippen molar-refractivity contribution < 1.29 is 29.3 Å². The predicted octanol–water partition coefficient (Wildman–Crippen LogP) is 2.62. The van der Waals surface area contributed by atoms with E-state index in [0.717, 1.165) is 5.56 Å². The first kappa shape index (κ1) is 23.7. The number of rotatable bonds is 8. The predicted molar refractivity (Wildman–Crippen MR) is 126 cm³/mol. The standard InChI is InChI=1S/C26H28N2O6/c1-17(7-5-6-14-29)26(33)21-8-3-4-9-22(21)27(25(26)32)16-19-10-12-20(13-11-19)28-23(31)15-24(28)34-18(2)30/h3-5,7-13,17,24,29,33H,6,14-16H2,1-2H3/b7-5+/t17-,24?,26+/m1/s1. The van der Waals surface area contributed by atoms with Gasteiger partial charge in [0.1, 0.15) is 0 Å². The van der Waals surface area contributed by atoms with E-state index in [-0.39, 0.29) is 25.5 Å². The average molecular weight is 465 g/mol. The molecule has 1 saturated heterocycles. The Kier molecular flexibility index (Phi) is 6.54. The van der Waals surface area contributed by atoms with Crippen LogP contribution in [0.25, 0.3) is 0 Å². The highest BCUT2D eigenvalue weighted by Crippen LogP contribution is 2.45. The smallest absolute Gasteiger partial charge is 0.304 e. The second-order valence-corrected chi connectivity index (χ2v) is 8.60. The molecule has 2 aromatic rings. The second-order valence-electron chi connectivity index (χ2n) is 8.60. The number of anilines is 2. The van der Waals surface area contributed by atoms with E-state index in [1.165, 1.54) is 11.8 Å². The van der Waals surface area contributed by atoms with Crippen molar-refractivity contribution in [1.82, 2.24) is 0 Å². The third kappa shape index (κ3) is 4.10. The number of fused-ring (bicyclic) bond motifs is 1. The summed E-state index contributed by atoms with van der Waals surface area (Å²) in [5.74, 6) is -1.48. The Morgan fingerprint density at radius 3 is 2.56 bits per heavy atom. The Balaban J connectivity index is 1.56. The largest absolute Gasteiger partial charge is 0.441 e. The molecule has 4 rings (SSSR count). The zero-order valence-corrected chi connectivity index (χ0v) is 19.2. The number of aliphatic hydroxyl groups excluding tert-OH is 1. The highest BCUT2D eigenvalue weighted by Gasteiger charge is 2.52. The first-order valence-corrected chi connectivity index (χ1v) is 11.3. The average Bonchev–Trinajstić information content (AvgIpc) is 3.02. The molecule has 8 nitrogen and oxygen atoms in total. The van der Waals surface area contributed by atoms with Crippen LogP contribution >= 0.6 is 0 Å². The highest BCUT2D eigenvalue weighted by atomic mass is 16.6. The van der Waals surface area contributed by atoms with Crippen LogP contribution in [-0.4, -0.2) is 40.8 Å². The Hall–Kier alpha value is -3.49. The number of benzene rings is 2. The van der Waals surface area contributed by atoms with E-state index in [0.29, 0.717) is 23.4 Å². The number of amides is 2. The quantitative estimate of drug-likeness (QED) is 0.353. The lowest BCUT2D eigenvalue weighted by Gasteiger charge is -2.39. The molecular formula is C26H28N2O6. The summed E-state index contributed by atoms with van der Waals surface area (Å²) in [5.41, 5.74) is 0.918. The molecule has 2 heterocycles. The fourth-order valence-corrected chi connectivity index (χ4v) is 4.50. The van der Waals surface area contributed by atoms with Gasteiger partial charge in [0.05, 0.1) is 18.7 Å².